The first-order chi connectivity index (χ1) is 8.97. The fraction of sp³-hybridized carbons (Fsp3) is 0. The number of benzene rings is 2. The van der Waals surface area contributed by atoms with E-state index in [1.54, 1.807) is 12.1 Å². The van der Waals surface area contributed by atoms with E-state index < -0.39 is 0 Å². The summed E-state index contributed by atoms with van der Waals surface area (Å²) in [6.45, 7) is 0. The van der Waals surface area contributed by atoms with Crippen molar-refractivity contribution in [2.75, 3.05) is 5.32 Å². The molecule has 2 rings (SSSR count). The molecule has 6 heteroatoms. The van der Waals surface area contributed by atoms with Crippen LogP contribution in [0.15, 0.2) is 40.9 Å². The summed E-state index contributed by atoms with van der Waals surface area (Å²) >= 11 is 14.3. The molecule has 2 aromatic rings. The van der Waals surface area contributed by atoms with Crippen LogP contribution in [-0.2, 0) is 0 Å². The first kappa shape index (κ1) is 14.2. The number of thiocarbonyl (C=S) groups is 1. The predicted molar refractivity (Wildman–Crippen MR) is 84.7 cm³/mol. The first-order valence-electron chi connectivity index (χ1n) is 5.29. The molecule has 0 bridgehead atoms. The lowest BCUT2D eigenvalue weighted by Crippen LogP contribution is -2.09. The Labute approximate surface area is 128 Å². The van der Waals surface area contributed by atoms with E-state index in [0.29, 0.717) is 15.7 Å². The molecule has 19 heavy (non-hydrogen) atoms. The summed E-state index contributed by atoms with van der Waals surface area (Å²) in [7, 11) is 0. The Kier molecular flexibility index (Phi) is 4.39. The van der Waals surface area contributed by atoms with Crippen molar-refractivity contribution >= 4 is 56.1 Å². The zero-order chi connectivity index (χ0) is 14.0. The summed E-state index contributed by atoms with van der Waals surface area (Å²) in [5.41, 5.74) is 7.72. The van der Waals surface area contributed by atoms with Gasteiger partial charge in [-0.1, -0.05) is 23.8 Å². The van der Waals surface area contributed by atoms with Crippen LogP contribution in [0.3, 0.4) is 0 Å². The van der Waals surface area contributed by atoms with E-state index in [1.807, 2.05) is 12.1 Å². The average Bonchev–Trinajstić information content (AvgIpc) is 2.34. The Bertz CT molecular complexity index is 649. The molecule has 0 aromatic heterocycles. The zero-order valence-electron chi connectivity index (χ0n) is 9.58. The second-order valence-electron chi connectivity index (χ2n) is 3.81. The van der Waals surface area contributed by atoms with Gasteiger partial charge in [-0.15, -0.1) is 0 Å². The minimum absolute atomic E-state index is 0.310. The van der Waals surface area contributed by atoms with Gasteiger partial charge in [0, 0.05) is 10.0 Å². The second kappa shape index (κ2) is 5.86. The number of rotatable bonds is 3. The van der Waals surface area contributed by atoms with Crippen molar-refractivity contribution in [3.63, 3.8) is 0 Å². The summed E-state index contributed by atoms with van der Waals surface area (Å²) in [5, 5.41) is 3.41. The van der Waals surface area contributed by atoms with Crippen molar-refractivity contribution < 1.29 is 4.39 Å². The van der Waals surface area contributed by atoms with Crippen LogP contribution in [0.4, 0.5) is 15.8 Å². The molecule has 0 heterocycles. The topological polar surface area (TPSA) is 38.0 Å². The third-order valence-corrected chi connectivity index (χ3v) is 3.66. The average molecular weight is 360 g/mol. The van der Waals surface area contributed by atoms with Gasteiger partial charge in [0.15, 0.2) is 0 Å². The number of hydrogen-bond acceptors (Lipinski definition) is 2. The summed E-state index contributed by atoms with van der Waals surface area (Å²) in [4.78, 5) is 0.326. The smallest absolute Gasteiger partial charge is 0.124 e. The maximum atomic E-state index is 13.0. The Balaban J connectivity index is 2.31. The molecular weight excluding hydrogens is 351 g/mol. The highest BCUT2D eigenvalue weighted by Gasteiger charge is 2.06. The maximum absolute atomic E-state index is 13.0. The molecule has 0 fully saturated rings. The van der Waals surface area contributed by atoms with Gasteiger partial charge in [0.2, 0.25) is 0 Å². The van der Waals surface area contributed by atoms with E-state index >= 15 is 0 Å². The number of halogens is 3. The highest BCUT2D eigenvalue weighted by Crippen LogP contribution is 2.30. The van der Waals surface area contributed by atoms with Crippen molar-refractivity contribution in [1.82, 2.24) is 0 Å². The minimum Gasteiger partial charge on any atom is -0.389 e. The van der Waals surface area contributed by atoms with Gasteiger partial charge in [-0.25, -0.2) is 4.39 Å². The van der Waals surface area contributed by atoms with Gasteiger partial charge in [-0.3, -0.25) is 0 Å². The first-order valence-corrected chi connectivity index (χ1v) is 6.87. The summed E-state index contributed by atoms with van der Waals surface area (Å²) in [6, 6.07) is 9.59. The van der Waals surface area contributed by atoms with Crippen molar-refractivity contribution in [1.29, 1.82) is 0 Å². The van der Waals surface area contributed by atoms with Crippen LogP contribution in [0, 0.1) is 5.82 Å². The van der Waals surface area contributed by atoms with Crippen molar-refractivity contribution in [2.45, 2.75) is 0 Å². The maximum Gasteiger partial charge on any atom is 0.124 e. The van der Waals surface area contributed by atoms with E-state index in [4.69, 9.17) is 29.6 Å². The quantitative estimate of drug-likeness (QED) is 0.785. The number of hydrogen-bond donors (Lipinski definition) is 2. The summed E-state index contributed by atoms with van der Waals surface area (Å²) in [6.07, 6.45) is 0. The van der Waals surface area contributed by atoms with Crippen molar-refractivity contribution in [2.24, 2.45) is 5.73 Å². The van der Waals surface area contributed by atoms with E-state index in [-0.39, 0.29) is 5.82 Å². The Morgan fingerprint density at radius 1 is 1.21 bits per heavy atom. The molecule has 0 aliphatic rings. The van der Waals surface area contributed by atoms with Gasteiger partial charge >= 0.3 is 0 Å². The molecule has 0 amide bonds. The van der Waals surface area contributed by atoms with Crippen molar-refractivity contribution in [3.05, 3.63) is 57.3 Å². The molecule has 0 atom stereocenters. The lowest BCUT2D eigenvalue weighted by Gasteiger charge is -2.11. The molecule has 0 aliphatic heterocycles. The predicted octanol–water partition coefficient (Wildman–Crippen LogP) is 4.62. The van der Waals surface area contributed by atoms with Crippen LogP contribution in [-0.4, -0.2) is 4.99 Å². The van der Waals surface area contributed by atoms with Crippen LogP contribution in [0.25, 0.3) is 0 Å². The third kappa shape index (κ3) is 3.43. The standard InChI is InChI=1S/C13H9BrClFN2S/c14-9-5-7(13(17)19)1-3-11(9)18-12-4-2-8(16)6-10(12)15/h1-6,18H,(H2,17,19). The van der Waals surface area contributed by atoms with Gasteiger partial charge in [-0.05, 0) is 52.3 Å². The van der Waals surface area contributed by atoms with Gasteiger partial charge in [0.05, 0.1) is 16.4 Å². The summed E-state index contributed by atoms with van der Waals surface area (Å²) < 4.78 is 13.7. The molecule has 0 saturated heterocycles. The van der Waals surface area contributed by atoms with Gasteiger partial charge in [0.1, 0.15) is 10.8 Å². The number of nitrogens with two attached hydrogens (primary N) is 1. The highest BCUT2D eigenvalue weighted by molar-refractivity contribution is 9.10. The van der Waals surface area contributed by atoms with Crippen LogP contribution in [0.2, 0.25) is 5.02 Å². The molecule has 0 aliphatic carbocycles. The lowest BCUT2D eigenvalue weighted by molar-refractivity contribution is 0.628. The number of nitrogens with one attached hydrogen (secondary N) is 1. The fourth-order valence-electron chi connectivity index (χ4n) is 1.51. The van der Waals surface area contributed by atoms with Crippen LogP contribution >= 0.6 is 39.7 Å². The second-order valence-corrected chi connectivity index (χ2v) is 5.51. The zero-order valence-corrected chi connectivity index (χ0v) is 12.7. The molecular formula is C13H9BrClFN2S. The van der Waals surface area contributed by atoms with Crippen molar-refractivity contribution in [3.8, 4) is 0 Å². The monoisotopic (exact) mass is 358 g/mol. The Morgan fingerprint density at radius 3 is 2.47 bits per heavy atom. The van der Waals surface area contributed by atoms with Gasteiger partial charge < -0.3 is 11.1 Å². The fourth-order valence-corrected chi connectivity index (χ4v) is 2.33. The molecule has 0 unspecified atom stereocenters. The van der Waals surface area contributed by atoms with Crippen LogP contribution in [0.1, 0.15) is 5.56 Å². The summed E-state index contributed by atoms with van der Waals surface area (Å²) in [5.74, 6) is -0.376. The third-order valence-electron chi connectivity index (χ3n) is 2.45. The lowest BCUT2D eigenvalue weighted by atomic mass is 10.2. The van der Waals surface area contributed by atoms with E-state index in [2.05, 4.69) is 21.2 Å². The molecule has 0 saturated carbocycles. The van der Waals surface area contributed by atoms with Gasteiger partial charge in [0.25, 0.3) is 0 Å². The molecule has 98 valence electrons. The minimum atomic E-state index is -0.376. The van der Waals surface area contributed by atoms with E-state index in [9.17, 15) is 4.39 Å². The molecule has 0 spiro atoms. The Morgan fingerprint density at radius 2 is 1.89 bits per heavy atom. The highest BCUT2D eigenvalue weighted by atomic mass is 79.9. The van der Waals surface area contributed by atoms with E-state index in [0.717, 1.165) is 15.7 Å². The number of anilines is 2. The molecule has 0 radical (unpaired) electrons. The van der Waals surface area contributed by atoms with E-state index in [1.165, 1.54) is 12.1 Å². The molecule has 2 aromatic carbocycles. The normalized spacial score (nSPS) is 10.3. The molecule has 2 nitrogen and oxygen atoms in total. The Hall–Kier alpha value is -1.17. The van der Waals surface area contributed by atoms with Gasteiger partial charge in [-0.2, -0.15) is 0 Å². The molecule has 3 N–H and O–H groups in total. The van der Waals surface area contributed by atoms with Crippen LogP contribution in [0.5, 0.6) is 0 Å². The largest absolute Gasteiger partial charge is 0.389 e. The SMILES string of the molecule is NC(=S)c1ccc(Nc2ccc(F)cc2Cl)c(Br)c1. The van der Waals surface area contributed by atoms with Crippen LogP contribution < -0.4 is 11.1 Å².